The summed E-state index contributed by atoms with van der Waals surface area (Å²) in [4.78, 5) is 10.2. The lowest BCUT2D eigenvalue weighted by molar-refractivity contribution is 1.14. The van der Waals surface area contributed by atoms with Gasteiger partial charge in [0.25, 0.3) is 0 Å². The number of benzene rings is 6. The Morgan fingerprint density at radius 3 is 1.78 bits per heavy atom. The monoisotopic (exact) mass is 523 g/mol. The van der Waals surface area contributed by atoms with Gasteiger partial charge in [0, 0.05) is 11.1 Å². The van der Waals surface area contributed by atoms with Gasteiger partial charge in [0.2, 0.25) is 0 Å². The van der Waals surface area contributed by atoms with Crippen molar-refractivity contribution in [2.45, 2.75) is 0 Å². The van der Waals surface area contributed by atoms with Crippen LogP contribution in [-0.4, -0.2) is 14.5 Å². The minimum absolute atomic E-state index is 0.868. The number of rotatable bonds is 4. The molecule has 2 heterocycles. The van der Waals surface area contributed by atoms with Crippen LogP contribution in [0, 0.1) is 0 Å². The first kappa shape index (κ1) is 23.4. The van der Waals surface area contributed by atoms with E-state index >= 15 is 0 Å². The van der Waals surface area contributed by atoms with E-state index in [0.717, 1.165) is 44.4 Å². The highest BCUT2D eigenvalue weighted by Gasteiger charge is 2.17. The molecule has 0 amide bonds. The molecule has 0 aliphatic heterocycles. The minimum Gasteiger partial charge on any atom is -0.293 e. The van der Waals surface area contributed by atoms with Gasteiger partial charge in [0.1, 0.15) is 5.52 Å². The van der Waals surface area contributed by atoms with Crippen LogP contribution < -0.4 is 0 Å². The number of fused-ring (bicyclic) bond motifs is 4. The summed E-state index contributed by atoms with van der Waals surface area (Å²) in [5.74, 6) is 0. The van der Waals surface area contributed by atoms with Crippen molar-refractivity contribution in [3.05, 3.63) is 152 Å². The van der Waals surface area contributed by atoms with Crippen LogP contribution in [0.25, 0.3) is 72.2 Å². The summed E-state index contributed by atoms with van der Waals surface area (Å²) in [5, 5.41) is 1.09. The Morgan fingerprint density at radius 1 is 0.415 bits per heavy atom. The van der Waals surface area contributed by atoms with Crippen molar-refractivity contribution >= 4 is 33.1 Å². The zero-order valence-corrected chi connectivity index (χ0v) is 22.3. The lowest BCUT2D eigenvalue weighted by atomic mass is 9.92. The number of hydrogen-bond acceptors (Lipinski definition) is 2. The van der Waals surface area contributed by atoms with E-state index in [4.69, 9.17) is 9.97 Å². The molecule has 0 radical (unpaired) electrons. The standard InChI is InChI=1S/C38H25N3/c1-3-12-26(13-4-1)31-18-7-8-19-32(31)29-15-11-14-27(24-29)28-22-23-36-33(25-28)37-38(41(36)30-16-5-2-6-17-30)40-35-21-10-9-20-34(35)39-37/h1-25H. The van der Waals surface area contributed by atoms with E-state index in [1.807, 2.05) is 30.3 Å². The molecule has 0 aliphatic carbocycles. The Balaban J connectivity index is 1.32. The first-order valence-corrected chi connectivity index (χ1v) is 13.9. The molecule has 3 nitrogen and oxygen atoms in total. The van der Waals surface area contributed by atoms with Crippen molar-refractivity contribution in [1.82, 2.24) is 14.5 Å². The molecule has 8 rings (SSSR count). The Kier molecular flexibility index (Phi) is 5.46. The fourth-order valence-electron chi connectivity index (χ4n) is 5.85. The topological polar surface area (TPSA) is 30.7 Å². The average Bonchev–Trinajstić information content (AvgIpc) is 3.37. The SMILES string of the molecule is c1ccc(-c2ccccc2-c2cccc(-c3ccc4c(c3)c3nc5ccccc5nc3n4-c3ccccc3)c2)cc1. The lowest BCUT2D eigenvalue weighted by Gasteiger charge is -2.12. The third-order valence-electron chi connectivity index (χ3n) is 7.79. The van der Waals surface area contributed by atoms with E-state index in [0.29, 0.717) is 0 Å². The van der Waals surface area contributed by atoms with Gasteiger partial charge in [-0.1, -0.05) is 109 Å². The maximum atomic E-state index is 5.11. The first-order valence-electron chi connectivity index (χ1n) is 13.9. The second-order valence-corrected chi connectivity index (χ2v) is 10.3. The quantitative estimate of drug-likeness (QED) is 0.230. The van der Waals surface area contributed by atoms with Crippen LogP contribution in [0.5, 0.6) is 0 Å². The molecule has 0 saturated heterocycles. The van der Waals surface area contributed by atoms with Gasteiger partial charge in [-0.3, -0.25) is 4.57 Å². The van der Waals surface area contributed by atoms with E-state index in [1.54, 1.807) is 0 Å². The average molecular weight is 524 g/mol. The third kappa shape index (κ3) is 3.98. The molecule has 0 fully saturated rings. The summed E-state index contributed by atoms with van der Waals surface area (Å²) in [5.41, 5.74) is 12.9. The van der Waals surface area contributed by atoms with Crippen LogP contribution in [0.2, 0.25) is 0 Å². The van der Waals surface area contributed by atoms with Crippen LogP contribution in [0.4, 0.5) is 0 Å². The number of aromatic nitrogens is 3. The fraction of sp³-hybridized carbons (Fsp3) is 0. The number of hydrogen-bond donors (Lipinski definition) is 0. The summed E-state index contributed by atoms with van der Waals surface area (Å²) in [7, 11) is 0. The smallest absolute Gasteiger partial charge is 0.165 e. The highest BCUT2D eigenvalue weighted by molar-refractivity contribution is 6.09. The highest BCUT2D eigenvalue weighted by atomic mass is 15.1. The molecule has 0 saturated carbocycles. The number of para-hydroxylation sites is 3. The van der Waals surface area contributed by atoms with E-state index in [2.05, 4.69) is 126 Å². The molecule has 192 valence electrons. The van der Waals surface area contributed by atoms with Crippen molar-refractivity contribution in [2.24, 2.45) is 0 Å². The Bertz CT molecular complexity index is 2200. The van der Waals surface area contributed by atoms with Crippen LogP contribution in [0.1, 0.15) is 0 Å². The van der Waals surface area contributed by atoms with Crippen molar-refractivity contribution in [3.8, 4) is 39.1 Å². The molecule has 0 N–H and O–H groups in total. The van der Waals surface area contributed by atoms with Crippen molar-refractivity contribution in [1.29, 1.82) is 0 Å². The van der Waals surface area contributed by atoms with Crippen LogP contribution in [0.3, 0.4) is 0 Å². The number of nitrogens with zero attached hydrogens (tertiary/aromatic N) is 3. The summed E-state index contributed by atoms with van der Waals surface area (Å²) >= 11 is 0. The van der Waals surface area contributed by atoms with Gasteiger partial charge in [-0.2, -0.15) is 0 Å². The summed E-state index contributed by atoms with van der Waals surface area (Å²) in [6.45, 7) is 0. The molecule has 0 unspecified atom stereocenters. The molecule has 0 spiro atoms. The van der Waals surface area contributed by atoms with Gasteiger partial charge in [-0.25, -0.2) is 9.97 Å². The van der Waals surface area contributed by atoms with Gasteiger partial charge in [0.05, 0.1) is 16.6 Å². The zero-order chi connectivity index (χ0) is 27.2. The van der Waals surface area contributed by atoms with Gasteiger partial charge in [0.15, 0.2) is 5.65 Å². The van der Waals surface area contributed by atoms with Gasteiger partial charge in [-0.15, -0.1) is 0 Å². The van der Waals surface area contributed by atoms with Crippen molar-refractivity contribution < 1.29 is 0 Å². The normalized spacial score (nSPS) is 11.4. The second kappa shape index (κ2) is 9.58. The van der Waals surface area contributed by atoms with E-state index < -0.39 is 0 Å². The minimum atomic E-state index is 0.868. The van der Waals surface area contributed by atoms with Crippen LogP contribution in [0.15, 0.2) is 152 Å². The van der Waals surface area contributed by atoms with Crippen LogP contribution >= 0.6 is 0 Å². The highest BCUT2D eigenvalue weighted by Crippen LogP contribution is 2.37. The molecule has 0 bridgehead atoms. The van der Waals surface area contributed by atoms with Gasteiger partial charge < -0.3 is 0 Å². The summed E-state index contributed by atoms with van der Waals surface area (Å²) in [6, 6.07) is 53.2. The van der Waals surface area contributed by atoms with Gasteiger partial charge >= 0.3 is 0 Å². The second-order valence-electron chi connectivity index (χ2n) is 10.3. The Labute approximate surface area is 238 Å². The first-order chi connectivity index (χ1) is 20.3. The predicted molar refractivity (Wildman–Crippen MR) is 170 cm³/mol. The third-order valence-corrected chi connectivity index (χ3v) is 7.79. The molecule has 8 aromatic rings. The largest absolute Gasteiger partial charge is 0.293 e. The van der Waals surface area contributed by atoms with E-state index in [-0.39, 0.29) is 0 Å². The lowest BCUT2D eigenvalue weighted by Crippen LogP contribution is -1.96. The predicted octanol–water partition coefficient (Wildman–Crippen LogP) is 9.73. The molecule has 0 aliphatic rings. The molecular weight excluding hydrogens is 498 g/mol. The molecule has 2 aromatic heterocycles. The molecule has 0 atom stereocenters. The Morgan fingerprint density at radius 2 is 1.00 bits per heavy atom. The van der Waals surface area contributed by atoms with Crippen LogP contribution in [-0.2, 0) is 0 Å². The van der Waals surface area contributed by atoms with E-state index in [1.165, 1.54) is 27.8 Å². The molecule has 6 aromatic carbocycles. The Hall–Kier alpha value is -5.54. The molecular formula is C38H25N3. The maximum absolute atomic E-state index is 5.11. The molecule has 41 heavy (non-hydrogen) atoms. The summed E-state index contributed by atoms with van der Waals surface area (Å²) < 4.78 is 2.22. The molecule has 3 heteroatoms. The van der Waals surface area contributed by atoms with Crippen molar-refractivity contribution in [2.75, 3.05) is 0 Å². The summed E-state index contributed by atoms with van der Waals surface area (Å²) in [6.07, 6.45) is 0. The maximum Gasteiger partial charge on any atom is 0.165 e. The zero-order valence-electron chi connectivity index (χ0n) is 22.3. The van der Waals surface area contributed by atoms with E-state index in [9.17, 15) is 0 Å². The van der Waals surface area contributed by atoms with Crippen molar-refractivity contribution in [3.63, 3.8) is 0 Å². The van der Waals surface area contributed by atoms with Gasteiger partial charge in [-0.05, 0) is 75.8 Å². The fourth-order valence-corrected chi connectivity index (χ4v) is 5.85.